The first-order chi connectivity index (χ1) is 7.99. The van der Waals surface area contributed by atoms with Crippen LogP contribution < -0.4 is 5.32 Å². The second-order valence-electron chi connectivity index (χ2n) is 3.98. The Hall–Kier alpha value is -1.62. The van der Waals surface area contributed by atoms with Crippen molar-refractivity contribution in [3.63, 3.8) is 0 Å². The molecule has 0 aliphatic carbocycles. The summed E-state index contributed by atoms with van der Waals surface area (Å²) in [5.74, 6) is -0.701. The number of carboxylic acid groups (broad SMARTS) is 1. The number of carbonyl (C=O) groups is 2. The summed E-state index contributed by atoms with van der Waals surface area (Å²) in [5.41, 5.74) is 0. The van der Waals surface area contributed by atoms with Crippen molar-refractivity contribution >= 4 is 29.3 Å². The van der Waals surface area contributed by atoms with E-state index < -0.39 is 5.97 Å². The van der Waals surface area contributed by atoms with E-state index in [0.29, 0.717) is 17.3 Å². The normalized spacial score (nSPS) is 11.0. The highest BCUT2D eigenvalue weighted by Crippen LogP contribution is 2.17. The second kappa shape index (κ2) is 6.20. The fraction of sp³-hybridized carbons (Fsp3) is 0.333. The van der Waals surface area contributed by atoms with Crippen LogP contribution in [-0.4, -0.2) is 23.5 Å². The minimum atomic E-state index is -0.996. The molecule has 1 amide bonds. The lowest BCUT2D eigenvalue weighted by atomic mass is 10.2. The molecule has 5 heteroatoms. The van der Waals surface area contributed by atoms with Crippen molar-refractivity contribution in [3.8, 4) is 0 Å². The molecule has 1 heterocycles. The summed E-state index contributed by atoms with van der Waals surface area (Å²) in [5, 5.41) is 11.3. The third kappa shape index (κ3) is 4.82. The Morgan fingerprint density at radius 1 is 1.47 bits per heavy atom. The molecule has 0 aromatic carbocycles. The summed E-state index contributed by atoms with van der Waals surface area (Å²) >= 11 is 1.27. The molecule has 2 N–H and O–H groups in total. The van der Waals surface area contributed by atoms with E-state index in [9.17, 15) is 9.59 Å². The predicted molar refractivity (Wildman–Crippen MR) is 68.2 cm³/mol. The highest BCUT2D eigenvalue weighted by atomic mass is 32.1. The Morgan fingerprint density at radius 3 is 2.76 bits per heavy atom. The van der Waals surface area contributed by atoms with Crippen LogP contribution in [0.4, 0.5) is 0 Å². The first kappa shape index (κ1) is 13.4. The molecular weight excluding hydrogens is 238 g/mol. The Balaban J connectivity index is 2.61. The highest BCUT2D eigenvalue weighted by Gasteiger charge is 2.08. The van der Waals surface area contributed by atoms with Gasteiger partial charge in [0, 0.05) is 17.5 Å². The Kier molecular flexibility index (Phi) is 4.90. The largest absolute Gasteiger partial charge is 0.478 e. The zero-order valence-corrected chi connectivity index (χ0v) is 10.6. The molecular formula is C12H15NO3S. The number of rotatable bonds is 5. The van der Waals surface area contributed by atoms with E-state index in [2.05, 4.69) is 5.32 Å². The summed E-state index contributed by atoms with van der Waals surface area (Å²) in [6, 6.07) is 3.43. The molecule has 1 aromatic rings. The van der Waals surface area contributed by atoms with Gasteiger partial charge in [-0.2, -0.15) is 0 Å². The summed E-state index contributed by atoms with van der Waals surface area (Å²) < 4.78 is 0. The minimum absolute atomic E-state index is 0.112. The van der Waals surface area contributed by atoms with Crippen LogP contribution in [0.3, 0.4) is 0 Å². The van der Waals surface area contributed by atoms with Gasteiger partial charge in [0.05, 0.1) is 4.88 Å². The van der Waals surface area contributed by atoms with Gasteiger partial charge in [-0.25, -0.2) is 4.79 Å². The van der Waals surface area contributed by atoms with Gasteiger partial charge in [-0.3, -0.25) is 4.79 Å². The number of hydrogen-bond acceptors (Lipinski definition) is 3. The van der Waals surface area contributed by atoms with Gasteiger partial charge < -0.3 is 10.4 Å². The van der Waals surface area contributed by atoms with Crippen molar-refractivity contribution in [2.24, 2.45) is 5.92 Å². The van der Waals surface area contributed by atoms with Gasteiger partial charge in [0.2, 0.25) is 0 Å². The van der Waals surface area contributed by atoms with Gasteiger partial charge in [-0.1, -0.05) is 13.8 Å². The van der Waals surface area contributed by atoms with Crippen molar-refractivity contribution in [1.29, 1.82) is 0 Å². The van der Waals surface area contributed by atoms with Crippen molar-refractivity contribution in [2.75, 3.05) is 6.54 Å². The number of thiophene rings is 1. The third-order valence-corrected chi connectivity index (χ3v) is 2.96. The second-order valence-corrected chi connectivity index (χ2v) is 5.09. The molecule has 4 nitrogen and oxygen atoms in total. The molecule has 0 radical (unpaired) electrons. The van der Waals surface area contributed by atoms with Crippen LogP contribution in [0, 0.1) is 5.92 Å². The average Bonchev–Trinajstić information content (AvgIpc) is 2.71. The minimum Gasteiger partial charge on any atom is -0.478 e. The van der Waals surface area contributed by atoms with Crippen LogP contribution in [0.15, 0.2) is 18.2 Å². The standard InChI is InChI=1S/C12H15NO3S/c1-8(2)7-13-12(16)10-5-3-9(17-10)4-6-11(14)15/h3-6,8H,7H2,1-2H3,(H,13,16)(H,14,15)/b6-4+. The molecule has 0 unspecified atom stereocenters. The molecule has 0 fully saturated rings. The SMILES string of the molecule is CC(C)CNC(=O)c1ccc(/C=C/C(=O)O)s1. The molecule has 0 aliphatic heterocycles. The Morgan fingerprint density at radius 2 is 2.18 bits per heavy atom. The average molecular weight is 253 g/mol. The van der Waals surface area contributed by atoms with E-state index in [1.165, 1.54) is 17.4 Å². The van der Waals surface area contributed by atoms with Gasteiger partial charge in [-0.15, -0.1) is 11.3 Å². The van der Waals surface area contributed by atoms with E-state index in [0.717, 1.165) is 11.0 Å². The van der Waals surface area contributed by atoms with Gasteiger partial charge in [-0.05, 0) is 24.1 Å². The maximum absolute atomic E-state index is 11.7. The lowest BCUT2D eigenvalue weighted by Gasteiger charge is -2.05. The van der Waals surface area contributed by atoms with E-state index in [1.54, 1.807) is 12.1 Å². The van der Waals surface area contributed by atoms with Crippen LogP contribution in [0.25, 0.3) is 6.08 Å². The summed E-state index contributed by atoms with van der Waals surface area (Å²) in [6.45, 7) is 4.68. The molecule has 17 heavy (non-hydrogen) atoms. The monoisotopic (exact) mass is 253 g/mol. The number of aliphatic carboxylic acids is 1. The molecule has 1 aromatic heterocycles. The van der Waals surface area contributed by atoms with Gasteiger partial charge >= 0.3 is 5.97 Å². The first-order valence-electron chi connectivity index (χ1n) is 5.28. The van der Waals surface area contributed by atoms with Crippen LogP contribution in [0.2, 0.25) is 0 Å². The fourth-order valence-corrected chi connectivity index (χ4v) is 1.93. The van der Waals surface area contributed by atoms with Crippen molar-refractivity contribution in [2.45, 2.75) is 13.8 Å². The van der Waals surface area contributed by atoms with Crippen molar-refractivity contribution < 1.29 is 14.7 Å². The molecule has 92 valence electrons. The van der Waals surface area contributed by atoms with Gasteiger partial charge in [0.25, 0.3) is 5.91 Å². The quantitative estimate of drug-likeness (QED) is 0.791. The lowest BCUT2D eigenvalue weighted by Crippen LogP contribution is -2.26. The maximum atomic E-state index is 11.7. The van der Waals surface area contributed by atoms with Crippen molar-refractivity contribution in [3.05, 3.63) is 28.0 Å². The van der Waals surface area contributed by atoms with Gasteiger partial charge in [0.1, 0.15) is 0 Å². The Labute approximate surface area is 104 Å². The fourth-order valence-electron chi connectivity index (χ4n) is 1.10. The zero-order chi connectivity index (χ0) is 12.8. The van der Waals surface area contributed by atoms with Crippen LogP contribution in [0.5, 0.6) is 0 Å². The third-order valence-electron chi connectivity index (χ3n) is 1.91. The number of carbonyl (C=O) groups excluding carboxylic acids is 1. The van der Waals surface area contributed by atoms with Crippen LogP contribution in [-0.2, 0) is 4.79 Å². The van der Waals surface area contributed by atoms with Crippen molar-refractivity contribution in [1.82, 2.24) is 5.32 Å². The van der Waals surface area contributed by atoms with E-state index in [-0.39, 0.29) is 5.91 Å². The molecule has 0 saturated heterocycles. The first-order valence-corrected chi connectivity index (χ1v) is 6.09. The topological polar surface area (TPSA) is 66.4 Å². The molecule has 1 rings (SSSR count). The van der Waals surface area contributed by atoms with E-state index >= 15 is 0 Å². The molecule has 0 bridgehead atoms. The molecule has 0 aliphatic rings. The molecule has 0 saturated carbocycles. The summed E-state index contributed by atoms with van der Waals surface area (Å²) in [4.78, 5) is 23.3. The smallest absolute Gasteiger partial charge is 0.328 e. The molecule has 0 spiro atoms. The number of amides is 1. The van der Waals surface area contributed by atoms with E-state index in [4.69, 9.17) is 5.11 Å². The number of nitrogens with one attached hydrogen (secondary N) is 1. The lowest BCUT2D eigenvalue weighted by molar-refractivity contribution is -0.131. The number of carboxylic acids is 1. The summed E-state index contributed by atoms with van der Waals surface area (Å²) in [6.07, 6.45) is 2.54. The summed E-state index contributed by atoms with van der Waals surface area (Å²) in [7, 11) is 0. The van der Waals surface area contributed by atoms with Crippen LogP contribution in [0.1, 0.15) is 28.4 Å². The highest BCUT2D eigenvalue weighted by molar-refractivity contribution is 7.14. The van der Waals surface area contributed by atoms with Crippen LogP contribution >= 0.6 is 11.3 Å². The number of hydrogen-bond donors (Lipinski definition) is 2. The maximum Gasteiger partial charge on any atom is 0.328 e. The Bertz CT molecular complexity index is 435. The van der Waals surface area contributed by atoms with Gasteiger partial charge in [0.15, 0.2) is 0 Å². The van der Waals surface area contributed by atoms with E-state index in [1.807, 2.05) is 13.8 Å². The predicted octanol–water partition coefficient (Wildman–Crippen LogP) is 2.23. The zero-order valence-electron chi connectivity index (χ0n) is 9.77. The molecule has 0 atom stereocenters.